The lowest BCUT2D eigenvalue weighted by Gasteiger charge is -2.19. The average molecular weight is 603 g/mol. The van der Waals surface area contributed by atoms with Crippen LogP contribution in [0, 0.1) is 13.8 Å². The first kappa shape index (κ1) is 31.5. The third-order valence-electron chi connectivity index (χ3n) is 5.53. The molecule has 2 saturated heterocycles. The van der Waals surface area contributed by atoms with Gasteiger partial charge in [-0.05, 0) is 13.8 Å². The molecule has 2 aromatic rings. The van der Waals surface area contributed by atoms with Crippen molar-refractivity contribution in [3.05, 3.63) is 44.5 Å². The number of carbonyl (C=O) groups excluding carboxylic acids is 3. The number of hydrogen-bond donors (Lipinski definition) is 0. The van der Waals surface area contributed by atoms with Gasteiger partial charge in [0.15, 0.2) is 18.5 Å². The lowest BCUT2D eigenvalue weighted by molar-refractivity contribution is -0.154. The van der Waals surface area contributed by atoms with Gasteiger partial charge in [0, 0.05) is 0 Å². The van der Waals surface area contributed by atoms with E-state index >= 15 is 0 Å². The topological polar surface area (TPSA) is 167 Å². The molecule has 40 heavy (non-hydrogen) atoms. The van der Waals surface area contributed by atoms with Crippen LogP contribution in [0.5, 0.6) is 0 Å². The van der Waals surface area contributed by atoms with Crippen LogP contribution in [0.4, 0.5) is 0 Å². The molecule has 4 rings (SSSR count). The minimum absolute atomic E-state index is 0.0120. The number of rotatable bonds is 7. The fourth-order valence-electron chi connectivity index (χ4n) is 3.79. The van der Waals surface area contributed by atoms with Gasteiger partial charge in [0.25, 0.3) is 0 Å². The normalized spacial score (nSPS) is 15.5. The molecule has 0 aliphatic carbocycles. The smallest absolute Gasteiger partial charge is 0.326 e. The lowest BCUT2D eigenvalue weighted by atomic mass is 10.0. The first-order chi connectivity index (χ1) is 19.1. The zero-order valence-electron chi connectivity index (χ0n) is 22.4. The SMILES string of the molecule is COC(=O)C(C(=O)OC)c1nc(C)nc(Cl)c1C1OCCO1.COC(=O)Cc1nc(C)nc(Cl)c1C1OCCO1. The average Bonchev–Trinajstić information content (AvgIpc) is 3.63. The number of nitrogens with zero attached hydrogens (tertiary/aromatic N) is 4. The van der Waals surface area contributed by atoms with Gasteiger partial charge in [0.1, 0.15) is 22.0 Å². The van der Waals surface area contributed by atoms with Crippen molar-refractivity contribution in [2.24, 2.45) is 0 Å². The van der Waals surface area contributed by atoms with Gasteiger partial charge < -0.3 is 33.2 Å². The van der Waals surface area contributed by atoms with Crippen LogP contribution in [-0.4, -0.2) is 85.6 Å². The molecule has 16 heteroatoms. The molecule has 2 aromatic heterocycles. The molecular weight excluding hydrogens is 575 g/mol. The highest BCUT2D eigenvalue weighted by Gasteiger charge is 2.39. The molecule has 4 heterocycles. The van der Waals surface area contributed by atoms with Crippen LogP contribution in [-0.2, 0) is 54.0 Å². The molecule has 0 spiro atoms. The maximum Gasteiger partial charge on any atom is 0.326 e. The van der Waals surface area contributed by atoms with E-state index in [0.717, 1.165) is 14.2 Å². The summed E-state index contributed by atoms with van der Waals surface area (Å²) >= 11 is 12.2. The van der Waals surface area contributed by atoms with E-state index < -0.39 is 36.4 Å². The van der Waals surface area contributed by atoms with Crippen LogP contribution < -0.4 is 0 Å². The van der Waals surface area contributed by atoms with Crippen molar-refractivity contribution in [1.82, 2.24) is 19.9 Å². The van der Waals surface area contributed by atoms with Gasteiger partial charge in [-0.25, -0.2) is 19.9 Å². The molecule has 2 aliphatic heterocycles. The summed E-state index contributed by atoms with van der Waals surface area (Å²) in [4.78, 5) is 51.8. The van der Waals surface area contributed by atoms with Crippen molar-refractivity contribution in [3.8, 4) is 0 Å². The van der Waals surface area contributed by atoms with Crippen LogP contribution in [0.3, 0.4) is 0 Å². The van der Waals surface area contributed by atoms with E-state index in [9.17, 15) is 14.4 Å². The van der Waals surface area contributed by atoms with E-state index in [0.29, 0.717) is 49.3 Å². The summed E-state index contributed by atoms with van der Waals surface area (Å²) < 4.78 is 35.5. The van der Waals surface area contributed by atoms with E-state index in [1.54, 1.807) is 13.8 Å². The van der Waals surface area contributed by atoms with E-state index in [1.165, 1.54) is 7.11 Å². The molecule has 2 aliphatic rings. The fraction of sp³-hybridized carbons (Fsp3) is 0.542. The number of carbonyl (C=O) groups is 3. The Labute approximate surface area is 239 Å². The third kappa shape index (κ3) is 7.59. The van der Waals surface area contributed by atoms with Gasteiger partial charge in [-0.1, -0.05) is 23.2 Å². The van der Waals surface area contributed by atoms with Crippen molar-refractivity contribution in [2.45, 2.75) is 38.8 Å². The summed E-state index contributed by atoms with van der Waals surface area (Å²) in [5.41, 5.74) is 1.27. The summed E-state index contributed by atoms with van der Waals surface area (Å²) in [6.07, 6.45) is -1.45. The molecular formula is C24H28Cl2N4O10. The second kappa shape index (κ2) is 14.6. The van der Waals surface area contributed by atoms with Crippen LogP contribution in [0.15, 0.2) is 0 Å². The van der Waals surface area contributed by atoms with E-state index in [1.807, 2.05) is 0 Å². The summed E-state index contributed by atoms with van der Waals surface area (Å²) in [5, 5.41) is 0.292. The Kier molecular flexibility index (Phi) is 11.5. The second-order valence-corrected chi connectivity index (χ2v) is 8.88. The Morgan fingerprint density at radius 2 is 1.20 bits per heavy atom. The second-order valence-electron chi connectivity index (χ2n) is 8.16. The molecule has 0 unspecified atom stereocenters. The quantitative estimate of drug-likeness (QED) is 0.195. The Hall–Kier alpha value is -3.01. The molecule has 14 nitrogen and oxygen atoms in total. The van der Waals surface area contributed by atoms with Gasteiger partial charge in [-0.3, -0.25) is 14.4 Å². The van der Waals surface area contributed by atoms with Crippen molar-refractivity contribution < 1.29 is 47.5 Å². The number of aryl methyl sites for hydroxylation is 2. The minimum Gasteiger partial charge on any atom is -0.469 e. The largest absolute Gasteiger partial charge is 0.469 e. The van der Waals surface area contributed by atoms with Gasteiger partial charge in [0.2, 0.25) is 0 Å². The number of esters is 3. The van der Waals surface area contributed by atoms with Crippen LogP contribution in [0.1, 0.15) is 52.7 Å². The molecule has 218 valence electrons. The summed E-state index contributed by atoms with van der Waals surface area (Å²) in [6.45, 7) is 4.96. The number of ether oxygens (including phenoxy) is 7. The number of hydrogen-bond acceptors (Lipinski definition) is 14. The Morgan fingerprint density at radius 3 is 1.68 bits per heavy atom. The lowest BCUT2D eigenvalue weighted by Crippen LogP contribution is -2.28. The van der Waals surface area contributed by atoms with E-state index in [-0.39, 0.29) is 28.0 Å². The molecule has 0 bridgehead atoms. The maximum atomic E-state index is 12.0. The molecule has 0 saturated carbocycles. The molecule has 0 atom stereocenters. The Balaban J connectivity index is 0.000000225. The minimum atomic E-state index is -1.39. The van der Waals surface area contributed by atoms with Crippen LogP contribution in [0.25, 0.3) is 0 Å². The Bertz CT molecular complexity index is 1220. The predicted octanol–water partition coefficient (Wildman–Crippen LogP) is 2.11. The predicted molar refractivity (Wildman–Crippen MR) is 135 cm³/mol. The maximum absolute atomic E-state index is 12.0. The standard InChI is InChI=1S/C13H15ClN2O6.C11H13ClN2O4/c1-6-15-9(8(11(17)19-2)12(18)20-3)7(10(14)16-6)13-21-4-5-22-13;1-6-13-7(5-8(15)16-2)9(10(12)14-6)11-17-3-4-18-11/h8,13H,4-5H2,1-3H3;11H,3-5H2,1-2H3. The highest BCUT2D eigenvalue weighted by atomic mass is 35.5. The molecule has 2 fully saturated rings. The number of halogens is 2. The summed E-state index contributed by atoms with van der Waals surface area (Å²) in [6, 6.07) is 0. The van der Waals surface area contributed by atoms with Crippen LogP contribution in [0.2, 0.25) is 10.3 Å². The molecule has 0 radical (unpaired) electrons. The van der Waals surface area contributed by atoms with Gasteiger partial charge in [-0.2, -0.15) is 0 Å². The van der Waals surface area contributed by atoms with E-state index in [4.69, 9.17) is 42.1 Å². The third-order valence-corrected chi connectivity index (χ3v) is 6.11. The fourth-order valence-corrected chi connectivity index (χ4v) is 4.42. The number of aromatic nitrogens is 4. The van der Waals surface area contributed by atoms with Gasteiger partial charge in [-0.15, -0.1) is 0 Å². The first-order valence-electron chi connectivity index (χ1n) is 11.9. The monoisotopic (exact) mass is 602 g/mol. The summed E-state index contributed by atoms with van der Waals surface area (Å²) in [7, 11) is 3.65. The van der Waals surface area contributed by atoms with Crippen molar-refractivity contribution >= 4 is 41.1 Å². The molecule has 0 aromatic carbocycles. The molecule has 0 N–H and O–H groups in total. The first-order valence-corrected chi connectivity index (χ1v) is 12.6. The highest BCUT2D eigenvalue weighted by Crippen LogP contribution is 2.35. The summed E-state index contributed by atoms with van der Waals surface area (Å²) in [5.74, 6) is -2.65. The molecule has 0 amide bonds. The highest BCUT2D eigenvalue weighted by molar-refractivity contribution is 6.30. The van der Waals surface area contributed by atoms with Gasteiger partial charge in [0.05, 0.1) is 76.7 Å². The zero-order chi connectivity index (χ0) is 29.4. The Morgan fingerprint density at radius 1 is 0.750 bits per heavy atom. The van der Waals surface area contributed by atoms with Crippen LogP contribution >= 0.6 is 23.2 Å². The zero-order valence-corrected chi connectivity index (χ0v) is 23.9. The van der Waals surface area contributed by atoms with E-state index in [2.05, 4.69) is 34.1 Å². The number of methoxy groups -OCH3 is 3. The van der Waals surface area contributed by atoms with Crippen molar-refractivity contribution in [2.75, 3.05) is 47.8 Å². The van der Waals surface area contributed by atoms with Gasteiger partial charge >= 0.3 is 17.9 Å². The van der Waals surface area contributed by atoms with Crippen molar-refractivity contribution in [1.29, 1.82) is 0 Å². The van der Waals surface area contributed by atoms with Crippen molar-refractivity contribution in [3.63, 3.8) is 0 Å².